The van der Waals surface area contributed by atoms with Crippen LogP contribution >= 0.6 is 0 Å². The topological polar surface area (TPSA) is 60.1 Å². The summed E-state index contributed by atoms with van der Waals surface area (Å²) in [6.45, 7) is 3.28. The molecule has 1 aromatic rings. The molecular formula is C17H27N3O2. The normalized spacial score (nSPS) is 15.0. The third-order valence-electron chi connectivity index (χ3n) is 3.66. The SMILES string of the molecule is CN(C(N)=NCCCOCCOCc1ccccc1)C1CC1. The van der Waals surface area contributed by atoms with Crippen LogP contribution in [0.4, 0.5) is 0 Å². The molecule has 1 aliphatic rings. The van der Waals surface area contributed by atoms with Gasteiger partial charge in [-0.05, 0) is 24.8 Å². The van der Waals surface area contributed by atoms with Crippen LogP contribution in [0, 0.1) is 0 Å². The highest BCUT2D eigenvalue weighted by Crippen LogP contribution is 2.24. The first-order chi connectivity index (χ1) is 10.8. The van der Waals surface area contributed by atoms with Crippen molar-refractivity contribution in [1.29, 1.82) is 0 Å². The second kappa shape index (κ2) is 9.43. The van der Waals surface area contributed by atoms with Crippen molar-refractivity contribution in [2.45, 2.75) is 31.9 Å². The summed E-state index contributed by atoms with van der Waals surface area (Å²) >= 11 is 0. The lowest BCUT2D eigenvalue weighted by molar-refractivity contribution is 0.0403. The monoisotopic (exact) mass is 305 g/mol. The number of guanidine groups is 1. The molecule has 0 bridgehead atoms. The molecule has 2 rings (SSSR count). The van der Waals surface area contributed by atoms with E-state index in [1.165, 1.54) is 18.4 Å². The number of hydrogen-bond donors (Lipinski definition) is 1. The predicted octanol–water partition coefficient (Wildman–Crippen LogP) is 2.02. The minimum absolute atomic E-state index is 0.613. The van der Waals surface area contributed by atoms with Gasteiger partial charge in [-0.3, -0.25) is 4.99 Å². The molecule has 0 radical (unpaired) electrons. The molecule has 0 unspecified atom stereocenters. The Morgan fingerprint density at radius 1 is 1.18 bits per heavy atom. The van der Waals surface area contributed by atoms with E-state index in [2.05, 4.69) is 22.0 Å². The standard InChI is InChI=1S/C17H27N3O2/c1-20(16-8-9-16)17(18)19-10-5-11-21-12-13-22-14-15-6-3-2-4-7-15/h2-4,6-7,16H,5,8-14H2,1H3,(H2,18,19). The van der Waals surface area contributed by atoms with Crippen LogP contribution in [0.1, 0.15) is 24.8 Å². The van der Waals surface area contributed by atoms with Crippen LogP contribution in [0.2, 0.25) is 0 Å². The van der Waals surface area contributed by atoms with Gasteiger partial charge in [0.15, 0.2) is 5.96 Å². The molecule has 0 aromatic heterocycles. The second-order valence-corrected chi connectivity index (χ2v) is 5.59. The van der Waals surface area contributed by atoms with Gasteiger partial charge in [0, 0.05) is 26.2 Å². The molecule has 1 aromatic carbocycles. The van der Waals surface area contributed by atoms with Crippen LogP contribution in [0.3, 0.4) is 0 Å². The van der Waals surface area contributed by atoms with Crippen LogP contribution in [0.5, 0.6) is 0 Å². The molecule has 2 N–H and O–H groups in total. The van der Waals surface area contributed by atoms with E-state index in [9.17, 15) is 0 Å². The Bertz CT molecular complexity index is 446. The Morgan fingerprint density at radius 2 is 1.91 bits per heavy atom. The van der Waals surface area contributed by atoms with E-state index in [0.29, 0.717) is 45.0 Å². The van der Waals surface area contributed by atoms with Crippen LogP contribution < -0.4 is 5.73 Å². The van der Waals surface area contributed by atoms with Gasteiger partial charge in [0.2, 0.25) is 0 Å². The first-order valence-corrected chi connectivity index (χ1v) is 7.99. The molecule has 22 heavy (non-hydrogen) atoms. The predicted molar refractivity (Wildman–Crippen MR) is 88.8 cm³/mol. The van der Waals surface area contributed by atoms with E-state index in [1.807, 2.05) is 25.2 Å². The van der Waals surface area contributed by atoms with Crippen LogP contribution in [-0.2, 0) is 16.1 Å². The first kappa shape index (κ1) is 16.8. The number of hydrogen-bond acceptors (Lipinski definition) is 3. The highest BCUT2D eigenvalue weighted by Gasteiger charge is 2.27. The number of nitrogens with two attached hydrogens (primary N) is 1. The van der Waals surface area contributed by atoms with Crippen LogP contribution in [-0.4, -0.2) is 50.3 Å². The zero-order chi connectivity index (χ0) is 15.6. The zero-order valence-electron chi connectivity index (χ0n) is 13.4. The lowest BCUT2D eigenvalue weighted by atomic mass is 10.2. The fourth-order valence-corrected chi connectivity index (χ4v) is 2.10. The van der Waals surface area contributed by atoms with Crippen LogP contribution in [0.15, 0.2) is 35.3 Å². The number of rotatable bonds is 10. The van der Waals surface area contributed by atoms with Crippen LogP contribution in [0.25, 0.3) is 0 Å². The summed E-state index contributed by atoms with van der Waals surface area (Å²) in [5.74, 6) is 0.647. The maximum absolute atomic E-state index is 5.91. The van der Waals surface area contributed by atoms with Gasteiger partial charge in [-0.1, -0.05) is 30.3 Å². The molecule has 1 fully saturated rings. The highest BCUT2D eigenvalue weighted by atomic mass is 16.5. The van der Waals surface area contributed by atoms with Gasteiger partial charge in [-0.15, -0.1) is 0 Å². The smallest absolute Gasteiger partial charge is 0.191 e. The van der Waals surface area contributed by atoms with Gasteiger partial charge in [0.05, 0.1) is 19.8 Å². The van der Waals surface area contributed by atoms with Crippen molar-refractivity contribution >= 4 is 5.96 Å². The molecule has 0 aliphatic heterocycles. The van der Waals surface area contributed by atoms with E-state index in [-0.39, 0.29) is 0 Å². The molecule has 0 atom stereocenters. The minimum atomic E-state index is 0.613. The van der Waals surface area contributed by atoms with E-state index in [1.54, 1.807) is 0 Å². The Kier molecular flexibility index (Phi) is 7.19. The summed E-state index contributed by atoms with van der Waals surface area (Å²) in [6.07, 6.45) is 3.36. The molecule has 5 nitrogen and oxygen atoms in total. The van der Waals surface area contributed by atoms with E-state index < -0.39 is 0 Å². The molecule has 0 spiro atoms. The third-order valence-corrected chi connectivity index (χ3v) is 3.66. The van der Waals surface area contributed by atoms with Gasteiger partial charge in [-0.25, -0.2) is 0 Å². The molecule has 1 aliphatic carbocycles. The van der Waals surface area contributed by atoms with Crippen molar-refractivity contribution < 1.29 is 9.47 Å². The van der Waals surface area contributed by atoms with Gasteiger partial charge in [0.1, 0.15) is 0 Å². The minimum Gasteiger partial charge on any atom is -0.379 e. The summed E-state index contributed by atoms with van der Waals surface area (Å²) in [6, 6.07) is 10.8. The van der Waals surface area contributed by atoms with Gasteiger partial charge >= 0.3 is 0 Å². The average molecular weight is 305 g/mol. The van der Waals surface area contributed by atoms with E-state index in [0.717, 1.165) is 6.42 Å². The first-order valence-electron chi connectivity index (χ1n) is 7.99. The van der Waals surface area contributed by atoms with Gasteiger partial charge < -0.3 is 20.1 Å². The summed E-state index contributed by atoms with van der Waals surface area (Å²) in [5, 5.41) is 0. The fourth-order valence-electron chi connectivity index (χ4n) is 2.10. The van der Waals surface area contributed by atoms with Gasteiger partial charge in [0.25, 0.3) is 0 Å². The quantitative estimate of drug-likeness (QED) is 0.408. The fraction of sp³-hybridized carbons (Fsp3) is 0.588. The van der Waals surface area contributed by atoms with Crippen molar-refractivity contribution in [3.05, 3.63) is 35.9 Å². The van der Waals surface area contributed by atoms with Crippen molar-refractivity contribution in [2.24, 2.45) is 10.7 Å². The Labute approximate surface area is 133 Å². The molecule has 0 heterocycles. The molecule has 5 heteroatoms. The maximum Gasteiger partial charge on any atom is 0.191 e. The summed E-state index contributed by atoms with van der Waals surface area (Å²) < 4.78 is 11.1. The van der Waals surface area contributed by atoms with Crippen molar-refractivity contribution in [1.82, 2.24) is 4.90 Å². The summed E-state index contributed by atoms with van der Waals surface area (Å²) in [4.78, 5) is 6.44. The number of ether oxygens (including phenoxy) is 2. The van der Waals surface area contributed by atoms with E-state index in [4.69, 9.17) is 15.2 Å². The lowest BCUT2D eigenvalue weighted by Crippen LogP contribution is -2.35. The van der Waals surface area contributed by atoms with Crippen molar-refractivity contribution in [3.63, 3.8) is 0 Å². The zero-order valence-corrected chi connectivity index (χ0v) is 13.4. The number of nitrogens with zero attached hydrogens (tertiary/aromatic N) is 2. The number of aliphatic imine (C=N–C) groups is 1. The Balaban J connectivity index is 1.42. The van der Waals surface area contributed by atoms with Crippen molar-refractivity contribution in [2.75, 3.05) is 33.4 Å². The summed E-state index contributed by atoms with van der Waals surface area (Å²) in [7, 11) is 2.01. The summed E-state index contributed by atoms with van der Waals surface area (Å²) in [5.41, 5.74) is 7.10. The maximum atomic E-state index is 5.91. The second-order valence-electron chi connectivity index (χ2n) is 5.59. The van der Waals surface area contributed by atoms with E-state index >= 15 is 0 Å². The molecule has 1 saturated carbocycles. The highest BCUT2D eigenvalue weighted by molar-refractivity contribution is 5.78. The molecule has 0 saturated heterocycles. The van der Waals surface area contributed by atoms with Crippen molar-refractivity contribution in [3.8, 4) is 0 Å². The number of benzene rings is 1. The average Bonchev–Trinajstić information content (AvgIpc) is 3.38. The lowest BCUT2D eigenvalue weighted by Gasteiger charge is -2.16. The Hall–Kier alpha value is -1.59. The molecular weight excluding hydrogens is 278 g/mol. The van der Waals surface area contributed by atoms with Gasteiger partial charge in [-0.2, -0.15) is 0 Å². The third kappa shape index (κ3) is 6.45. The molecule has 122 valence electrons. The molecule has 0 amide bonds. The Morgan fingerprint density at radius 3 is 2.64 bits per heavy atom. The largest absolute Gasteiger partial charge is 0.379 e.